The molecule has 0 amide bonds. The number of benzene rings is 4. The average Bonchev–Trinajstić information content (AvgIpc) is 3.87. The predicted octanol–water partition coefficient (Wildman–Crippen LogP) is 18.7. The second kappa shape index (κ2) is 28.5. The third-order valence-electron chi connectivity index (χ3n) is 14.5. The first kappa shape index (κ1) is 54.8. The zero-order valence-corrected chi connectivity index (χ0v) is 45.5. The number of aryl methyl sites for hydroxylation is 2. The van der Waals surface area contributed by atoms with Gasteiger partial charge in [0, 0.05) is 57.8 Å². The number of ketones is 2. The van der Waals surface area contributed by atoms with Crippen molar-refractivity contribution in [2.45, 2.75) is 195 Å². The summed E-state index contributed by atoms with van der Waals surface area (Å²) in [6, 6.07) is 25.2. The van der Waals surface area contributed by atoms with Gasteiger partial charge in [-0.1, -0.05) is 216 Å². The molecule has 2 aromatic heterocycles. The Kier molecular flexibility index (Phi) is 21.7. The molecule has 1 aliphatic carbocycles. The van der Waals surface area contributed by atoms with Gasteiger partial charge >= 0.3 is 0 Å². The van der Waals surface area contributed by atoms with Crippen molar-refractivity contribution in [3.63, 3.8) is 0 Å². The van der Waals surface area contributed by atoms with Crippen molar-refractivity contribution in [3.05, 3.63) is 94.3 Å². The highest BCUT2D eigenvalue weighted by Crippen LogP contribution is 2.42. The van der Waals surface area contributed by atoms with E-state index in [0.29, 0.717) is 36.1 Å². The number of anilines is 2. The summed E-state index contributed by atoms with van der Waals surface area (Å²) < 4.78 is 18.0. The standard InChI is InChI=1S/C62H82Cl2N4O4/c1-5-9-13-17-21-29-37-67-51-35-27-25-33-45(51)47-41-49(55(43-53(47)67)71-39-31-23-19-15-11-7-3)65-59-57(63)62(70)60(58(64)61(59)69)66-50-42-48-46-34-26-28-36-52(46)68(38-30-22-18-14-10-6-2)54(48)44-56(50)72-40-32-24-20-16-12-8-4/h25-28,33-36,41-44,65-66H,5-24,29-32,37-40H2,1-4H3. The Labute approximate surface area is 440 Å². The van der Waals surface area contributed by atoms with Crippen LogP contribution in [0.2, 0.25) is 0 Å². The summed E-state index contributed by atoms with van der Waals surface area (Å²) in [5.74, 6) is 0.0330. The summed E-state index contributed by atoms with van der Waals surface area (Å²) in [6.45, 7) is 11.8. The number of halogens is 2. The smallest absolute Gasteiger partial charge is 0.224 e. The highest BCUT2D eigenvalue weighted by molar-refractivity contribution is 6.56. The zero-order valence-electron chi connectivity index (χ0n) is 44.0. The average molecular weight is 1020 g/mol. The summed E-state index contributed by atoms with van der Waals surface area (Å²) in [6.07, 6.45) is 28.1. The van der Waals surface area contributed by atoms with Crippen molar-refractivity contribution < 1.29 is 19.1 Å². The third kappa shape index (κ3) is 13.8. The first-order valence-electron chi connectivity index (χ1n) is 28.1. The Balaban J connectivity index is 1.20. The summed E-state index contributed by atoms with van der Waals surface area (Å²) >= 11 is 14.1. The lowest BCUT2D eigenvalue weighted by Gasteiger charge is -2.22. The Morgan fingerprint density at radius 1 is 0.403 bits per heavy atom. The molecule has 0 unspecified atom stereocenters. The molecular formula is C62H82Cl2N4O4. The Hall–Kier alpha value is -4.92. The van der Waals surface area contributed by atoms with Crippen LogP contribution in [0.3, 0.4) is 0 Å². The molecule has 0 fully saturated rings. The van der Waals surface area contributed by atoms with Crippen LogP contribution in [0.1, 0.15) is 182 Å². The van der Waals surface area contributed by atoms with E-state index in [-0.39, 0.29) is 21.5 Å². The first-order chi connectivity index (χ1) is 35.3. The molecule has 2 N–H and O–H groups in total. The number of aromatic nitrogens is 2. The number of hydrogen-bond donors (Lipinski definition) is 2. The van der Waals surface area contributed by atoms with Crippen LogP contribution in [-0.4, -0.2) is 33.9 Å². The molecule has 6 aromatic rings. The molecule has 1 aliphatic rings. The largest absolute Gasteiger partial charge is 0.491 e. The van der Waals surface area contributed by atoms with E-state index in [4.69, 9.17) is 32.7 Å². The molecule has 7 rings (SSSR count). The fraction of sp³-hybridized carbons (Fsp3) is 0.516. The summed E-state index contributed by atoms with van der Waals surface area (Å²) in [7, 11) is 0. The first-order valence-corrected chi connectivity index (χ1v) is 28.8. The van der Waals surface area contributed by atoms with Crippen LogP contribution in [0, 0.1) is 0 Å². The monoisotopic (exact) mass is 1020 g/mol. The molecule has 72 heavy (non-hydrogen) atoms. The molecule has 0 spiro atoms. The Morgan fingerprint density at radius 3 is 1.11 bits per heavy atom. The molecule has 0 atom stereocenters. The van der Waals surface area contributed by atoms with Gasteiger partial charge in [0.05, 0.1) is 35.6 Å². The molecule has 0 saturated carbocycles. The van der Waals surface area contributed by atoms with Gasteiger partial charge in [-0.05, 0) is 49.9 Å². The van der Waals surface area contributed by atoms with Crippen molar-refractivity contribution in [2.24, 2.45) is 0 Å². The maximum absolute atomic E-state index is 14.6. The van der Waals surface area contributed by atoms with E-state index in [1.165, 1.54) is 103 Å². The number of unbranched alkanes of at least 4 members (excludes halogenated alkanes) is 20. The molecule has 0 aliphatic heterocycles. The van der Waals surface area contributed by atoms with E-state index >= 15 is 0 Å². The van der Waals surface area contributed by atoms with E-state index in [2.05, 4.69) is 108 Å². The van der Waals surface area contributed by atoms with Gasteiger partial charge in [-0.2, -0.15) is 0 Å². The number of hydrogen-bond acceptors (Lipinski definition) is 6. The van der Waals surface area contributed by atoms with Gasteiger partial charge in [-0.15, -0.1) is 0 Å². The number of para-hydroxylation sites is 2. The van der Waals surface area contributed by atoms with E-state index in [1.54, 1.807) is 0 Å². The van der Waals surface area contributed by atoms with Gasteiger partial charge in [0.2, 0.25) is 11.6 Å². The number of nitrogens with zero attached hydrogens (tertiary/aromatic N) is 2. The Morgan fingerprint density at radius 2 is 0.736 bits per heavy atom. The number of nitrogens with one attached hydrogen (secondary N) is 2. The van der Waals surface area contributed by atoms with Gasteiger partial charge < -0.3 is 29.2 Å². The number of rotatable bonds is 34. The number of ether oxygens (including phenoxy) is 2. The molecule has 0 bridgehead atoms. The number of carbonyl (C=O) groups is 2. The third-order valence-corrected chi connectivity index (χ3v) is 15.3. The molecule has 0 radical (unpaired) electrons. The molecule has 388 valence electrons. The van der Waals surface area contributed by atoms with Crippen LogP contribution in [0.5, 0.6) is 11.5 Å². The minimum Gasteiger partial charge on any atom is -0.491 e. The van der Waals surface area contributed by atoms with E-state index in [0.717, 1.165) is 108 Å². The normalized spacial score (nSPS) is 13.2. The maximum Gasteiger partial charge on any atom is 0.224 e. The highest BCUT2D eigenvalue weighted by Gasteiger charge is 2.35. The highest BCUT2D eigenvalue weighted by atomic mass is 35.5. The maximum atomic E-state index is 14.6. The second-order valence-electron chi connectivity index (χ2n) is 20.1. The molecule has 2 heterocycles. The van der Waals surface area contributed by atoms with Gasteiger partial charge in [-0.25, -0.2) is 0 Å². The molecular weight excluding hydrogens is 936 g/mol. The lowest BCUT2D eigenvalue weighted by atomic mass is 10.0. The summed E-state index contributed by atoms with van der Waals surface area (Å²) in [4.78, 5) is 29.2. The Bertz CT molecular complexity index is 2610. The van der Waals surface area contributed by atoms with E-state index in [9.17, 15) is 9.59 Å². The number of fused-ring (bicyclic) bond motifs is 6. The van der Waals surface area contributed by atoms with Gasteiger partial charge in [0.25, 0.3) is 0 Å². The quantitative estimate of drug-likeness (QED) is 0.0309. The van der Waals surface area contributed by atoms with E-state index < -0.39 is 11.6 Å². The molecule has 10 heteroatoms. The molecule has 8 nitrogen and oxygen atoms in total. The van der Waals surface area contributed by atoms with Gasteiger partial charge in [0.15, 0.2) is 0 Å². The summed E-state index contributed by atoms with van der Waals surface area (Å²) in [5.41, 5.74) is 5.40. The number of carbonyl (C=O) groups excluding carboxylic acids is 2. The zero-order chi connectivity index (χ0) is 50.7. The topological polar surface area (TPSA) is 86.5 Å². The van der Waals surface area contributed by atoms with Crippen LogP contribution < -0.4 is 20.1 Å². The van der Waals surface area contributed by atoms with Gasteiger partial charge in [0.1, 0.15) is 33.0 Å². The summed E-state index contributed by atoms with van der Waals surface area (Å²) in [5, 5.41) is 10.4. The molecule has 4 aromatic carbocycles. The SMILES string of the molecule is CCCCCCCCOc1cc2c(cc1NC1=C(Cl)C(=O)C(Nc3cc4c5ccccc5n(CCCCCCCC)c4cc3OCCCCCCCC)=C(Cl)C1=O)c1ccccc1n2CCCCCCCC. The lowest BCUT2D eigenvalue weighted by Crippen LogP contribution is -2.27. The van der Waals surface area contributed by atoms with Crippen LogP contribution in [0.4, 0.5) is 11.4 Å². The van der Waals surface area contributed by atoms with Crippen LogP contribution in [-0.2, 0) is 22.7 Å². The van der Waals surface area contributed by atoms with Crippen molar-refractivity contribution in [1.29, 1.82) is 0 Å². The minimum absolute atomic E-state index is 0.0791. The minimum atomic E-state index is -0.581. The molecule has 0 saturated heterocycles. The van der Waals surface area contributed by atoms with Gasteiger partial charge in [-0.3, -0.25) is 9.59 Å². The van der Waals surface area contributed by atoms with Crippen molar-refractivity contribution in [3.8, 4) is 11.5 Å². The fourth-order valence-electron chi connectivity index (χ4n) is 10.4. The second-order valence-corrected chi connectivity index (χ2v) is 20.9. The van der Waals surface area contributed by atoms with Crippen LogP contribution in [0.25, 0.3) is 43.6 Å². The van der Waals surface area contributed by atoms with Crippen molar-refractivity contribution in [2.75, 3.05) is 23.8 Å². The van der Waals surface area contributed by atoms with Crippen molar-refractivity contribution in [1.82, 2.24) is 9.13 Å². The number of allylic oxidation sites excluding steroid dienone is 2. The van der Waals surface area contributed by atoms with Crippen LogP contribution >= 0.6 is 23.2 Å². The fourth-order valence-corrected chi connectivity index (χ4v) is 10.9. The number of Topliss-reactive ketones (excluding diaryl/α,β-unsaturated/α-hetero) is 2. The van der Waals surface area contributed by atoms with Crippen LogP contribution in [0.15, 0.2) is 94.3 Å². The lowest BCUT2D eigenvalue weighted by molar-refractivity contribution is -0.115. The predicted molar refractivity (Wildman–Crippen MR) is 306 cm³/mol. The van der Waals surface area contributed by atoms with E-state index in [1.807, 2.05) is 12.1 Å². The van der Waals surface area contributed by atoms with Crippen molar-refractivity contribution >= 4 is 89.8 Å².